The first-order chi connectivity index (χ1) is 69.7. The molecule has 0 radical (unpaired) electrons. The van der Waals surface area contributed by atoms with Crippen LogP contribution in [0.2, 0.25) is 0 Å². The van der Waals surface area contributed by atoms with Crippen molar-refractivity contribution in [3.63, 3.8) is 0 Å². The van der Waals surface area contributed by atoms with Gasteiger partial charge in [0.1, 0.15) is 32.0 Å². The lowest BCUT2D eigenvalue weighted by atomic mass is 9.49. The predicted octanol–water partition coefficient (Wildman–Crippen LogP) is 21.1. The van der Waals surface area contributed by atoms with Crippen molar-refractivity contribution < 1.29 is 57.9 Å². The van der Waals surface area contributed by atoms with Crippen LogP contribution in [0.5, 0.6) is 0 Å². The SMILES string of the molecule is C=C(Cn1ccnn1)[C@H]1CC[C@H]2[C@@H]3CC[C@@H]4C[C@](C)(O)CC[C@@H]4[C@H]3CC[C@]12C.C[C@@]1(O)CC[C@H]2[C@H](CC[C@@H]3[C@@H]2CC[C@]2(C)[C@@H](C(=O)Cn4nnc(C(F)(F)F)n4)CC[C@@H]32)C1.Cc1cn(CC(=O)[C@H]2CC[C@H]3[C@@H]4CC[C@@H]5C[C@](C)(O)CC[C@@H]5[C@H]4CC[C@]23C)nn1.Cc1cnn(CC(=O)[C@H]2CC[C@H]3[C@@H]4CC[C@@H]5C[C@](C)(O)CC[C@@H]5[C@H]4CC[C@]23C)n1.Cc1nnnn1CC(=O)[C@H]1CC[C@H]2[C@@H]3CC[C@@H]4C[C@](C)(O)CC[C@@H]4[C@H]3CC[C@]12C. The first-order valence-corrected chi connectivity index (χ1v) is 59.2. The third-order valence-electron chi connectivity index (χ3n) is 48.0. The Bertz CT molecular complexity index is 5380. The molecule has 0 bridgehead atoms. The number of nitrogens with zero attached hydrogens (tertiary/aromatic N) is 17. The van der Waals surface area contributed by atoms with Crippen molar-refractivity contribution in [2.45, 2.75) is 446 Å². The van der Waals surface area contributed by atoms with Crippen molar-refractivity contribution in [1.29, 1.82) is 0 Å². The van der Waals surface area contributed by atoms with Gasteiger partial charge in [0, 0.05) is 36.1 Å². The summed E-state index contributed by atoms with van der Waals surface area (Å²) in [7, 11) is 0. The molecule has 0 aromatic carbocycles. The molecule has 0 aliphatic heterocycles. The standard InChI is InChI=1S/2C24H37N3O2.C24H37N3O.C23H33F3N4O2.C23H36N4O2/c1-15-13-27(26-25-15)14-22(28)21-7-6-20-19-5-4-16-12-23(2,29)10-8-17(16)18(19)9-11-24(20,21)3;1-15-13-25-27(26-15)14-22(28)21-7-6-20-19-5-4-16-12-23(2,29)10-8-17(16)18(19)9-11-24(20,21)3;1-16(15-27-13-12-25-26-27)21-6-7-22-20-5-4-17-14-23(2,28)10-8-18(17)19(20)9-11-24(21,22)3;1-21(32)9-7-14-13(11-21)3-4-16-15(14)8-10-22(2)17(16)5-6-18(22)19(31)12-30-28-20(27-29-30)23(24,25)26;1-14-24-25-26-27(14)13-21(28)20-7-6-19-18-5-4-15-12-22(2,29)10-8-16(15)17(18)9-11-23(19,20)3/h2*13,16-21,29H,4-12,14H2,1-3H3;12-13,17-22,28H,1,4-11,14-15H2,2-3H3;13-18,32H,3-12H2,1-2H3;15-20,29H,4-13H2,1-3H3/t2*16-,17+,18-,19-,20+,21-,23-,24+;17-,18+,19-,20-,21-,22+,23-,24-;13-,14+,15-,16-,17+,18-,21-,22+;15-,16+,17-,18-,19+,20-,22-,23+/m11111/s1. The molecule has 0 unspecified atom stereocenters. The van der Waals surface area contributed by atoms with Gasteiger partial charge in [-0.3, -0.25) is 19.2 Å². The normalized spacial score (nSPS) is 46.3. The number of fused-ring (bicyclic) bond motifs is 25. The van der Waals surface area contributed by atoms with Gasteiger partial charge in [-0.1, -0.05) is 57.2 Å². The van der Waals surface area contributed by atoms with E-state index in [0.717, 1.165) is 239 Å². The van der Waals surface area contributed by atoms with E-state index in [-0.39, 0.29) is 57.7 Å². The second-order valence-corrected chi connectivity index (χ2v) is 56.5. The van der Waals surface area contributed by atoms with E-state index in [9.17, 15) is 57.9 Å². The maximum absolute atomic E-state index is 13.2. The zero-order valence-electron chi connectivity index (χ0n) is 91.3. The highest BCUT2D eigenvalue weighted by Gasteiger charge is 2.66. The molecule has 5 aromatic rings. The smallest absolute Gasteiger partial charge is 0.390 e. The summed E-state index contributed by atoms with van der Waals surface area (Å²) in [6.07, 6.45) is 54.8. The monoisotopic (exact) mass is 2040 g/mol. The average Bonchev–Trinajstić information content (AvgIpc) is 1.62. The maximum Gasteiger partial charge on any atom is 0.455 e. The van der Waals surface area contributed by atoms with Gasteiger partial charge >= 0.3 is 6.18 Å². The van der Waals surface area contributed by atoms with Gasteiger partial charge in [-0.2, -0.15) is 33.0 Å². The molecule has 29 heteroatoms. The molecule has 40 atom stereocenters. The van der Waals surface area contributed by atoms with Crippen LogP contribution in [0.3, 0.4) is 0 Å². The minimum atomic E-state index is -4.66. The number of aryl methyl sites for hydroxylation is 3. The quantitative estimate of drug-likeness (QED) is 0.0608. The Morgan fingerprint density at radius 3 is 0.980 bits per heavy atom. The number of carbonyl (C=O) groups is 4. The molecule has 0 spiro atoms. The number of aromatic nitrogens is 17. The summed E-state index contributed by atoms with van der Waals surface area (Å²) in [4.78, 5) is 55.2. The van der Waals surface area contributed by atoms with Crippen LogP contribution in [0.15, 0.2) is 36.9 Å². The topological polar surface area (TPSA) is 349 Å². The Balaban J connectivity index is 0.000000108. The fourth-order valence-electron chi connectivity index (χ4n) is 41.6. The molecule has 20 aliphatic rings. The minimum Gasteiger partial charge on any atom is -0.390 e. The summed E-state index contributed by atoms with van der Waals surface area (Å²) in [6.45, 7) is 34.0. The van der Waals surface area contributed by atoms with Crippen LogP contribution in [0, 0.1) is 225 Å². The fourth-order valence-corrected chi connectivity index (χ4v) is 41.6. The number of Topliss-reactive ketones (excluding diaryl/α,β-unsaturated/α-hetero) is 4. The molecule has 26 nitrogen and oxygen atoms in total. The molecule has 25 rings (SSSR count). The van der Waals surface area contributed by atoms with Crippen molar-refractivity contribution >= 4 is 23.1 Å². The van der Waals surface area contributed by atoms with Gasteiger partial charge in [-0.15, -0.1) is 25.5 Å². The van der Waals surface area contributed by atoms with Crippen LogP contribution < -0.4 is 0 Å². The Kier molecular flexibility index (Phi) is 29.2. The number of rotatable bonds is 15. The minimum absolute atomic E-state index is 0.0676. The van der Waals surface area contributed by atoms with E-state index in [4.69, 9.17) is 0 Å². The number of alkyl halides is 3. The van der Waals surface area contributed by atoms with E-state index >= 15 is 0 Å². The lowest BCUT2D eigenvalue weighted by molar-refractivity contribution is -0.145. The van der Waals surface area contributed by atoms with E-state index in [1.54, 1.807) is 26.6 Å². The van der Waals surface area contributed by atoms with Crippen LogP contribution in [0.25, 0.3) is 0 Å². The molecule has 147 heavy (non-hydrogen) atoms. The van der Waals surface area contributed by atoms with Crippen molar-refractivity contribution in [1.82, 2.24) is 85.4 Å². The van der Waals surface area contributed by atoms with Crippen molar-refractivity contribution in [3.05, 3.63) is 60.0 Å². The second-order valence-electron chi connectivity index (χ2n) is 56.5. The van der Waals surface area contributed by atoms with E-state index in [0.29, 0.717) is 107 Å². The first kappa shape index (κ1) is 106. The second kappa shape index (κ2) is 40.4. The summed E-state index contributed by atoms with van der Waals surface area (Å²) in [6, 6.07) is 0. The molecule has 812 valence electrons. The number of halogens is 3. The van der Waals surface area contributed by atoms with E-state index < -0.39 is 40.0 Å². The molecule has 20 saturated carbocycles. The molecular formula is C118H180F3N17O9. The number of aliphatic hydroxyl groups is 5. The van der Waals surface area contributed by atoms with E-state index in [1.807, 2.05) is 65.5 Å². The summed E-state index contributed by atoms with van der Waals surface area (Å²) in [5, 5.41) is 99.2. The van der Waals surface area contributed by atoms with Crippen LogP contribution in [-0.4, -0.2) is 162 Å². The summed E-state index contributed by atoms with van der Waals surface area (Å²) < 4.78 is 43.6. The van der Waals surface area contributed by atoms with Gasteiger partial charge in [0.25, 0.3) is 5.82 Å². The van der Waals surface area contributed by atoms with Crippen molar-refractivity contribution in [2.75, 3.05) is 0 Å². The van der Waals surface area contributed by atoms with Gasteiger partial charge < -0.3 is 25.5 Å². The Hall–Kier alpha value is -6.43. The van der Waals surface area contributed by atoms with Crippen LogP contribution in [-0.2, 0) is 58.1 Å². The van der Waals surface area contributed by atoms with Crippen molar-refractivity contribution in [2.24, 2.45) is 205 Å². The van der Waals surface area contributed by atoms with Crippen LogP contribution in [0.1, 0.15) is 381 Å². The zero-order chi connectivity index (χ0) is 104. The fraction of sp³-hybridized carbons (Fsp3) is 0.881. The average molecular weight is 2040 g/mol. The highest BCUT2D eigenvalue weighted by molar-refractivity contribution is 5.83. The van der Waals surface area contributed by atoms with Crippen molar-refractivity contribution in [3.8, 4) is 0 Å². The van der Waals surface area contributed by atoms with Gasteiger partial charge in [0.2, 0.25) is 0 Å². The Labute approximate surface area is 871 Å². The predicted molar refractivity (Wildman–Crippen MR) is 550 cm³/mol. The Morgan fingerprint density at radius 1 is 0.340 bits per heavy atom. The zero-order valence-corrected chi connectivity index (χ0v) is 91.3. The molecule has 0 amide bonds. The molecular weight excluding hydrogens is 1860 g/mol. The number of allylic oxidation sites excluding steroid dienone is 1. The van der Waals surface area contributed by atoms with Gasteiger partial charge in [0.05, 0.1) is 58.3 Å². The number of ketones is 4. The van der Waals surface area contributed by atoms with Gasteiger partial charge in [-0.05, 0) is 541 Å². The highest BCUT2D eigenvalue weighted by atomic mass is 19.4. The number of hydrogen-bond donors (Lipinski definition) is 5. The number of carbonyl (C=O) groups excluding carboxylic acids is 4. The summed E-state index contributed by atoms with van der Waals surface area (Å²) in [5.74, 6) is 20.3. The third kappa shape index (κ3) is 20.5. The summed E-state index contributed by atoms with van der Waals surface area (Å²) in [5.41, 5.74) is 1.63. The molecule has 5 aromatic heterocycles. The molecule has 5 heterocycles. The van der Waals surface area contributed by atoms with Crippen LogP contribution >= 0.6 is 0 Å². The Morgan fingerprint density at radius 2 is 0.673 bits per heavy atom. The lowest BCUT2D eigenvalue weighted by Gasteiger charge is -2.57. The lowest BCUT2D eigenvalue weighted by Crippen LogP contribution is -2.51. The molecule has 5 N–H and O–H groups in total. The van der Waals surface area contributed by atoms with E-state index in [2.05, 4.69) is 110 Å². The van der Waals surface area contributed by atoms with Crippen LogP contribution in [0.4, 0.5) is 13.2 Å². The summed E-state index contributed by atoms with van der Waals surface area (Å²) >= 11 is 0. The first-order valence-electron chi connectivity index (χ1n) is 59.2. The third-order valence-corrected chi connectivity index (χ3v) is 48.0. The largest absolute Gasteiger partial charge is 0.455 e. The number of tetrazole rings is 2. The number of hydrogen-bond acceptors (Lipinski definition) is 21. The molecule has 0 saturated heterocycles. The molecule has 20 fully saturated rings. The van der Waals surface area contributed by atoms with Gasteiger partial charge in [0.15, 0.2) is 23.1 Å². The maximum atomic E-state index is 13.2. The highest BCUT2D eigenvalue weighted by Crippen LogP contribution is 2.72. The van der Waals surface area contributed by atoms with E-state index in [1.165, 1.54) is 173 Å². The molecule has 20 aliphatic carbocycles. The van der Waals surface area contributed by atoms with Gasteiger partial charge in [-0.25, -0.2) is 14.0 Å².